The number of halogens is 1. The van der Waals surface area contributed by atoms with Crippen LogP contribution >= 0.6 is 23.1 Å². The molecule has 0 unspecified atom stereocenters. The van der Waals surface area contributed by atoms with Crippen molar-refractivity contribution in [1.29, 1.82) is 0 Å². The van der Waals surface area contributed by atoms with Crippen LogP contribution in [0.15, 0.2) is 30.6 Å². The second-order valence-corrected chi connectivity index (χ2v) is 3.94. The number of hydrogen-bond donors (Lipinski definition) is 0. The van der Waals surface area contributed by atoms with Crippen molar-refractivity contribution in [3.8, 4) is 0 Å². The van der Waals surface area contributed by atoms with Gasteiger partial charge in [0.2, 0.25) is 0 Å². The van der Waals surface area contributed by atoms with Gasteiger partial charge in [-0.1, -0.05) is 23.7 Å². The van der Waals surface area contributed by atoms with Crippen LogP contribution in [-0.4, -0.2) is 9.36 Å². The molecule has 0 atom stereocenters. The monoisotopic (exact) mass is 210 g/mol. The van der Waals surface area contributed by atoms with E-state index in [1.54, 1.807) is 6.33 Å². The van der Waals surface area contributed by atoms with E-state index in [9.17, 15) is 0 Å². The molecule has 2 aromatic rings. The zero-order chi connectivity index (χ0) is 9.10. The summed E-state index contributed by atoms with van der Waals surface area (Å²) in [7, 11) is 0. The summed E-state index contributed by atoms with van der Waals surface area (Å²) in [5.41, 5.74) is 1.21. The van der Waals surface area contributed by atoms with Crippen LogP contribution in [0.3, 0.4) is 0 Å². The minimum absolute atomic E-state index is 0.765. The van der Waals surface area contributed by atoms with Gasteiger partial charge in [-0.05, 0) is 29.2 Å². The zero-order valence-corrected chi connectivity index (χ0v) is 8.35. The highest BCUT2D eigenvalue weighted by atomic mass is 35.5. The fraction of sp³-hybridized carbons (Fsp3) is 0.111. The Kier molecular flexibility index (Phi) is 2.57. The molecule has 0 aliphatic heterocycles. The van der Waals surface area contributed by atoms with Crippen molar-refractivity contribution in [2.24, 2.45) is 0 Å². The number of hydrogen-bond acceptors (Lipinski definition) is 3. The van der Waals surface area contributed by atoms with E-state index in [4.69, 9.17) is 11.6 Å². The fourth-order valence-corrected chi connectivity index (χ4v) is 1.72. The molecule has 0 fully saturated rings. The van der Waals surface area contributed by atoms with Crippen LogP contribution in [0.5, 0.6) is 0 Å². The highest BCUT2D eigenvalue weighted by Gasteiger charge is 1.98. The average molecular weight is 211 g/mol. The highest BCUT2D eigenvalue weighted by molar-refractivity contribution is 7.05. The van der Waals surface area contributed by atoms with Gasteiger partial charge in [-0.2, -0.15) is 4.37 Å². The van der Waals surface area contributed by atoms with Crippen molar-refractivity contribution < 1.29 is 0 Å². The van der Waals surface area contributed by atoms with E-state index in [1.807, 2.05) is 24.3 Å². The molecule has 0 spiro atoms. The van der Waals surface area contributed by atoms with E-state index in [2.05, 4.69) is 9.36 Å². The number of benzene rings is 1. The van der Waals surface area contributed by atoms with Crippen molar-refractivity contribution >= 4 is 23.1 Å². The van der Waals surface area contributed by atoms with Crippen LogP contribution in [0.4, 0.5) is 0 Å². The summed E-state index contributed by atoms with van der Waals surface area (Å²) in [6, 6.07) is 7.78. The molecular formula is C9H7ClN2S. The van der Waals surface area contributed by atoms with E-state index in [0.29, 0.717) is 0 Å². The lowest BCUT2D eigenvalue weighted by Crippen LogP contribution is -1.85. The number of rotatable bonds is 2. The molecule has 0 saturated heterocycles. The van der Waals surface area contributed by atoms with Crippen molar-refractivity contribution in [2.75, 3.05) is 0 Å². The summed E-state index contributed by atoms with van der Waals surface area (Å²) in [5.74, 6) is 0. The topological polar surface area (TPSA) is 25.8 Å². The predicted octanol–water partition coefficient (Wildman–Crippen LogP) is 2.78. The van der Waals surface area contributed by atoms with Crippen LogP contribution in [-0.2, 0) is 6.42 Å². The molecule has 4 heteroatoms. The molecule has 1 aromatic heterocycles. The molecule has 66 valence electrons. The Labute approximate surface area is 85.4 Å². The number of aromatic nitrogens is 2. The first-order valence-electron chi connectivity index (χ1n) is 3.84. The van der Waals surface area contributed by atoms with Crippen LogP contribution in [0, 0.1) is 0 Å². The molecular weight excluding hydrogens is 204 g/mol. The van der Waals surface area contributed by atoms with Gasteiger partial charge in [0, 0.05) is 11.4 Å². The van der Waals surface area contributed by atoms with Gasteiger partial charge in [0.15, 0.2) is 0 Å². The Morgan fingerprint density at radius 1 is 1.23 bits per heavy atom. The molecule has 0 saturated carbocycles. The maximum absolute atomic E-state index is 5.77. The fourth-order valence-electron chi connectivity index (χ4n) is 1.05. The standard InChI is InChI=1S/C9H7ClN2S/c10-8-3-1-7(2-4-8)5-9-11-6-12-13-9/h1-4,6H,5H2. The molecule has 0 bridgehead atoms. The zero-order valence-electron chi connectivity index (χ0n) is 6.77. The Bertz CT molecular complexity index is 369. The molecule has 0 radical (unpaired) electrons. The van der Waals surface area contributed by atoms with Gasteiger partial charge < -0.3 is 0 Å². The third-order valence-electron chi connectivity index (χ3n) is 1.68. The van der Waals surface area contributed by atoms with Crippen molar-refractivity contribution in [1.82, 2.24) is 9.36 Å². The van der Waals surface area contributed by atoms with E-state index in [0.717, 1.165) is 16.5 Å². The lowest BCUT2D eigenvalue weighted by atomic mass is 10.2. The quantitative estimate of drug-likeness (QED) is 0.762. The molecule has 1 aromatic carbocycles. The lowest BCUT2D eigenvalue weighted by Gasteiger charge is -1.96. The van der Waals surface area contributed by atoms with Gasteiger partial charge in [0.05, 0.1) is 0 Å². The minimum Gasteiger partial charge on any atom is -0.228 e. The van der Waals surface area contributed by atoms with Crippen LogP contribution in [0.2, 0.25) is 5.02 Å². The van der Waals surface area contributed by atoms with Crippen molar-refractivity contribution in [3.63, 3.8) is 0 Å². The molecule has 0 aliphatic carbocycles. The molecule has 0 aliphatic rings. The van der Waals surface area contributed by atoms with Gasteiger partial charge in [0.1, 0.15) is 11.3 Å². The van der Waals surface area contributed by atoms with Gasteiger partial charge in [-0.3, -0.25) is 0 Å². The maximum Gasteiger partial charge on any atom is 0.129 e. The first kappa shape index (κ1) is 8.66. The third kappa shape index (κ3) is 2.26. The smallest absolute Gasteiger partial charge is 0.129 e. The average Bonchev–Trinajstić information content (AvgIpc) is 2.62. The largest absolute Gasteiger partial charge is 0.228 e. The molecule has 0 amide bonds. The van der Waals surface area contributed by atoms with E-state index in [-0.39, 0.29) is 0 Å². The Balaban J connectivity index is 2.15. The maximum atomic E-state index is 5.77. The molecule has 1 heterocycles. The van der Waals surface area contributed by atoms with Gasteiger partial charge in [-0.15, -0.1) is 0 Å². The Morgan fingerprint density at radius 3 is 2.62 bits per heavy atom. The summed E-state index contributed by atoms with van der Waals surface area (Å²) < 4.78 is 3.94. The second kappa shape index (κ2) is 3.85. The predicted molar refractivity (Wildman–Crippen MR) is 54.2 cm³/mol. The summed E-state index contributed by atoms with van der Waals surface area (Å²) >= 11 is 7.20. The Morgan fingerprint density at radius 2 is 2.00 bits per heavy atom. The summed E-state index contributed by atoms with van der Waals surface area (Å²) in [4.78, 5) is 4.11. The van der Waals surface area contributed by atoms with Crippen LogP contribution in [0.1, 0.15) is 10.6 Å². The highest BCUT2D eigenvalue weighted by Crippen LogP contribution is 2.13. The van der Waals surface area contributed by atoms with Crippen LogP contribution in [0.25, 0.3) is 0 Å². The molecule has 2 nitrogen and oxygen atoms in total. The lowest BCUT2D eigenvalue weighted by molar-refractivity contribution is 1.13. The van der Waals surface area contributed by atoms with Crippen molar-refractivity contribution in [2.45, 2.75) is 6.42 Å². The second-order valence-electron chi connectivity index (χ2n) is 2.64. The summed E-state index contributed by atoms with van der Waals surface area (Å²) in [5, 5.41) is 1.79. The molecule has 2 rings (SSSR count). The van der Waals surface area contributed by atoms with E-state index >= 15 is 0 Å². The first-order valence-corrected chi connectivity index (χ1v) is 5.00. The summed E-state index contributed by atoms with van der Waals surface area (Å²) in [6.45, 7) is 0. The number of nitrogens with zero attached hydrogens (tertiary/aromatic N) is 2. The summed E-state index contributed by atoms with van der Waals surface area (Å²) in [6.07, 6.45) is 2.41. The van der Waals surface area contributed by atoms with E-state index < -0.39 is 0 Å². The normalized spacial score (nSPS) is 10.2. The minimum atomic E-state index is 0.765. The first-order chi connectivity index (χ1) is 6.34. The SMILES string of the molecule is Clc1ccc(Cc2ncns2)cc1. The van der Waals surface area contributed by atoms with Gasteiger partial charge in [0.25, 0.3) is 0 Å². The third-order valence-corrected chi connectivity index (χ3v) is 2.59. The molecule has 13 heavy (non-hydrogen) atoms. The van der Waals surface area contributed by atoms with Crippen molar-refractivity contribution in [3.05, 3.63) is 46.2 Å². The van der Waals surface area contributed by atoms with Crippen LogP contribution < -0.4 is 0 Å². The van der Waals surface area contributed by atoms with E-state index in [1.165, 1.54) is 17.1 Å². The van der Waals surface area contributed by atoms with Gasteiger partial charge in [-0.25, -0.2) is 4.98 Å². The molecule has 0 N–H and O–H groups in total. The van der Waals surface area contributed by atoms with Gasteiger partial charge >= 0.3 is 0 Å². The Hall–Kier alpha value is -0.930.